The molecule has 6 heteroatoms. The molecule has 3 rings (SSSR count). The van der Waals surface area contributed by atoms with Gasteiger partial charge >= 0.3 is 0 Å². The van der Waals surface area contributed by atoms with Crippen molar-refractivity contribution in [2.45, 2.75) is 18.8 Å². The third-order valence-electron chi connectivity index (χ3n) is 3.52. The van der Waals surface area contributed by atoms with Gasteiger partial charge in [-0.2, -0.15) is 0 Å². The van der Waals surface area contributed by atoms with Gasteiger partial charge in [0.25, 0.3) is 5.92 Å². The van der Waals surface area contributed by atoms with Gasteiger partial charge in [0.2, 0.25) is 12.3 Å². The van der Waals surface area contributed by atoms with E-state index in [0.717, 1.165) is 12.8 Å². The molecule has 0 aromatic carbocycles. The summed E-state index contributed by atoms with van der Waals surface area (Å²) in [5, 5.41) is 0. The average molecular weight is 270 g/mol. The molecule has 2 fully saturated rings. The number of hydrogen-bond acceptors (Lipinski definition) is 3. The van der Waals surface area contributed by atoms with Crippen LogP contribution in [0.2, 0.25) is 0 Å². The number of allylic oxidation sites excluding steroid dienone is 1. The van der Waals surface area contributed by atoms with Crippen LogP contribution in [0.25, 0.3) is 0 Å². The Balaban J connectivity index is 1.76. The van der Waals surface area contributed by atoms with Crippen molar-refractivity contribution in [1.82, 2.24) is 9.80 Å². The number of ether oxygens (including phenoxy) is 1. The van der Waals surface area contributed by atoms with Gasteiger partial charge in [0.15, 0.2) is 0 Å². The zero-order valence-electron chi connectivity index (χ0n) is 10.5. The summed E-state index contributed by atoms with van der Waals surface area (Å²) in [6, 6.07) is 0. The van der Waals surface area contributed by atoms with Crippen LogP contribution in [-0.4, -0.2) is 48.4 Å². The van der Waals surface area contributed by atoms with E-state index in [4.69, 9.17) is 4.74 Å². The SMILES string of the molecule is O=CN1CC=CC(N2CC(F)(F)C2)=C1OCC1CC1. The molecule has 0 aromatic rings. The quantitative estimate of drug-likeness (QED) is 0.711. The van der Waals surface area contributed by atoms with Crippen molar-refractivity contribution in [1.29, 1.82) is 0 Å². The first kappa shape index (κ1) is 12.4. The van der Waals surface area contributed by atoms with Crippen LogP contribution in [0.5, 0.6) is 0 Å². The van der Waals surface area contributed by atoms with Crippen molar-refractivity contribution in [3.63, 3.8) is 0 Å². The van der Waals surface area contributed by atoms with E-state index in [1.54, 1.807) is 17.1 Å². The lowest BCUT2D eigenvalue weighted by Crippen LogP contribution is -2.56. The third kappa shape index (κ3) is 2.57. The zero-order chi connectivity index (χ0) is 13.5. The monoisotopic (exact) mass is 270 g/mol. The highest BCUT2D eigenvalue weighted by molar-refractivity contribution is 5.53. The molecule has 0 N–H and O–H groups in total. The van der Waals surface area contributed by atoms with Crippen molar-refractivity contribution in [3.05, 3.63) is 23.7 Å². The van der Waals surface area contributed by atoms with Crippen molar-refractivity contribution in [2.24, 2.45) is 5.92 Å². The molecule has 0 radical (unpaired) electrons. The van der Waals surface area contributed by atoms with Gasteiger partial charge in [0, 0.05) is 6.54 Å². The standard InChI is InChI=1S/C13H16F2N2O2/c14-13(15)7-17(8-13)11-2-1-5-16(9-18)12(11)19-6-10-3-4-10/h1-2,9-10H,3-8H2. The first-order chi connectivity index (χ1) is 9.09. The van der Waals surface area contributed by atoms with Crippen molar-refractivity contribution in [2.75, 3.05) is 26.2 Å². The molecule has 1 amide bonds. The minimum absolute atomic E-state index is 0.310. The first-order valence-electron chi connectivity index (χ1n) is 6.47. The minimum atomic E-state index is -2.63. The van der Waals surface area contributed by atoms with Gasteiger partial charge < -0.3 is 9.64 Å². The Morgan fingerprint density at radius 3 is 2.74 bits per heavy atom. The lowest BCUT2D eigenvalue weighted by Gasteiger charge is -2.42. The Kier molecular flexibility index (Phi) is 2.95. The summed E-state index contributed by atoms with van der Waals surface area (Å²) >= 11 is 0. The Hall–Kier alpha value is -1.59. The van der Waals surface area contributed by atoms with Gasteiger partial charge in [-0.25, -0.2) is 8.78 Å². The zero-order valence-corrected chi connectivity index (χ0v) is 10.5. The van der Waals surface area contributed by atoms with Gasteiger partial charge in [0.1, 0.15) is 0 Å². The molecular formula is C13H16F2N2O2. The van der Waals surface area contributed by atoms with Gasteiger partial charge in [-0.15, -0.1) is 0 Å². The molecule has 104 valence electrons. The van der Waals surface area contributed by atoms with Crippen LogP contribution in [0.3, 0.4) is 0 Å². The summed E-state index contributed by atoms with van der Waals surface area (Å²) in [6.45, 7) is 0.365. The molecule has 3 aliphatic rings. The Bertz CT molecular complexity index is 436. The van der Waals surface area contributed by atoms with E-state index in [0.29, 0.717) is 37.1 Å². The summed E-state index contributed by atoms with van der Waals surface area (Å²) in [6.07, 6.45) is 6.51. The van der Waals surface area contributed by atoms with E-state index < -0.39 is 5.92 Å². The molecule has 0 unspecified atom stereocenters. The van der Waals surface area contributed by atoms with Gasteiger partial charge in [-0.05, 0) is 24.8 Å². The van der Waals surface area contributed by atoms with E-state index in [9.17, 15) is 13.6 Å². The van der Waals surface area contributed by atoms with Crippen LogP contribution in [0.4, 0.5) is 8.78 Å². The number of carbonyl (C=O) groups excluding carboxylic acids is 1. The maximum Gasteiger partial charge on any atom is 0.282 e. The first-order valence-corrected chi connectivity index (χ1v) is 6.47. The fourth-order valence-corrected chi connectivity index (χ4v) is 2.23. The summed E-state index contributed by atoms with van der Waals surface area (Å²) in [7, 11) is 0. The second kappa shape index (κ2) is 4.51. The van der Waals surface area contributed by atoms with E-state index in [2.05, 4.69) is 0 Å². The highest BCUT2D eigenvalue weighted by Gasteiger charge is 2.46. The summed E-state index contributed by atoms with van der Waals surface area (Å²) in [4.78, 5) is 14.0. The molecule has 4 nitrogen and oxygen atoms in total. The molecule has 0 spiro atoms. The number of amides is 1. The number of alkyl halides is 2. The predicted octanol–water partition coefficient (Wildman–Crippen LogP) is 1.56. The predicted molar refractivity (Wildman–Crippen MR) is 64.1 cm³/mol. The van der Waals surface area contributed by atoms with E-state index in [1.165, 1.54) is 4.90 Å². The Morgan fingerprint density at radius 1 is 1.42 bits per heavy atom. The summed E-state index contributed by atoms with van der Waals surface area (Å²) < 4.78 is 31.6. The normalized spacial score (nSPS) is 25.4. The van der Waals surface area contributed by atoms with Gasteiger partial charge in [-0.1, -0.05) is 6.08 Å². The second-order valence-corrected chi connectivity index (χ2v) is 5.32. The number of likely N-dealkylation sites (tertiary alicyclic amines) is 1. The van der Waals surface area contributed by atoms with E-state index >= 15 is 0 Å². The number of nitrogens with zero attached hydrogens (tertiary/aromatic N) is 2. The number of hydrogen-bond donors (Lipinski definition) is 0. The molecule has 0 atom stereocenters. The van der Waals surface area contributed by atoms with Crippen LogP contribution in [0, 0.1) is 5.92 Å². The largest absolute Gasteiger partial charge is 0.477 e. The molecule has 0 aromatic heterocycles. The minimum Gasteiger partial charge on any atom is -0.477 e. The third-order valence-corrected chi connectivity index (χ3v) is 3.52. The van der Waals surface area contributed by atoms with Crippen molar-refractivity contribution < 1.29 is 18.3 Å². The average Bonchev–Trinajstić information content (AvgIpc) is 3.17. The topological polar surface area (TPSA) is 32.8 Å². The van der Waals surface area contributed by atoms with Crippen LogP contribution in [-0.2, 0) is 9.53 Å². The van der Waals surface area contributed by atoms with Crippen molar-refractivity contribution >= 4 is 6.41 Å². The molecule has 0 bridgehead atoms. The summed E-state index contributed by atoms with van der Waals surface area (Å²) in [5.74, 6) is -1.67. The molecule has 2 aliphatic heterocycles. The van der Waals surface area contributed by atoms with Crippen LogP contribution < -0.4 is 0 Å². The molecule has 1 saturated carbocycles. The van der Waals surface area contributed by atoms with E-state index in [1.807, 2.05) is 0 Å². The molecule has 19 heavy (non-hydrogen) atoms. The fourth-order valence-electron chi connectivity index (χ4n) is 2.23. The van der Waals surface area contributed by atoms with Gasteiger partial charge in [-0.3, -0.25) is 9.69 Å². The Labute approximate surface area is 110 Å². The van der Waals surface area contributed by atoms with Crippen molar-refractivity contribution in [3.8, 4) is 0 Å². The lowest BCUT2D eigenvalue weighted by atomic mass is 10.1. The molecule has 1 saturated heterocycles. The van der Waals surface area contributed by atoms with Gasteiger partial charge in [0.05, 0.1) is 25.4 Å². The van der Waals surface area contributed by atoms with Crippen LogP contribution in [0.15, 0.2) is 23.7 Å². The van der Waals surface area contributed by atoms with Crippen LogP contribution in [0.1, 0.15) is 12.8 Å². The second-order valence-electron chi connectivity index (χ2n) is 5.32. The fraction of sp³-hybridized carbons (Fsp3) is 0.615. The number of rotatable bonds is 5. The smallest absolute Gasteiger partial charge is 0.282 e. The molecule has 1 aliphatic carbocycles. The molecular weight excluding hydrogens is 254 g/mol. The summed E-state index contributed by atoms with van der Waals surface area (Å²) in [5.41, 5.74) is 0.588. The maximum atomic E-state index is 13.0. The van der Waals surface area contributed by atoms with Crippen LogP contribution >= 0.6 is 0 Å². The Morgan fingerprint density at radius 2 is 2.16 bits per heavy atom. The maximum absolute atomic E-state index is 13.0. The number of halogens is 2. The molecule has 2 heterocycles. The number of carbonyl (C=O) groups is 1. The highest BCUT2D eigenvalue weighted by Crippen LogP contribution is 2.35. The lowest BCUT2D eigenvalue weighted by molar-refractivity contribution is -0.123. The van der Waals surface area contributed by atoms with E-state index in [-0.39, 0.29) is 13.1 Å². The highest BCUT2D eigenvalue weighted by atomic mass is 19.3.